The number of carbonyl (C=O) groups is 1. The Balaban J connectivity index is 1.69. The third kappa shape index (κ3) is 3.01. The van der Waals surface area contributed by atoms with Gasteiger partial charge >= 0.3 is 0 Å². The molecule has 0 aliphatic heterocycles. The highest BCUT2D eigenvalue weighted by Crippen LogP contribution is 2.28. The molecule has 2 aromatic rings. The van der Waals surface area contributed by atoms with Gasteiger partial charge in [-0.2, -0.15) is 0 Å². The van der Waals surface area contributed by atoms with E-state index < -0.39 is 5.60 Å². The second kappa shape index (κ2) is 5.88. The number of nitrogens with zero attached hydrogens (tertiary/aromatic N) is 2. The Hall–Kier alpha value is -2.21. The zero-order valence-corrected chi connectivity index (χ0v) is 12.3. The van der Waals surface area contributed by atoms with Crippen LogP contribution in [0, 0.1) is 0 Å². The summed E-state index contributed by atoms with van der Waals surface area (Å²) >= 11 is 0. The van der Waals surface area contributed by atoms with E-state index in [9.17, 15) is 14.7 Å². The van der Waals surface area contributed by atoms with Crippen LogP contribution in [0.1, 0.15) is 25.7 Å². The molecule has 1 fully saturated rings. The molecule has 6 nitrogen and oxygen atoms in total. The van der Waals surface area contributed by atoms with Crippen LogP contribution in [0.5, 0.6) is 0 Å². The zero-order chi connectivity index (χ0) is 15.6. The Morgan fingerprint density at radius 3 is 2.82 bits per heavy atom. The van der Waals surface area contributed by atoms with Crippen LogP contribution in [-0.2, 0) is 11.3 Å². The van der Waals surface area contributed by atoms with Crippen molar-refractivity contribution < 1.29 is 9.90 Å². The number of hydrogen-bond donors (Lipinski definition) is 2. The van der Waals surface area contributed by atoms with Crippen LogP contribution in [0.4, 0.5) is 0 Å². The molecule has 2 N–H and O–H groups in total. The van der Waals surface area contributed by atoms with Gasteiger partial charge in [-0.3, -0.25) is 14.2 Å². The SMILES string of the molecule is O=C(Cn1cnc2ccccc2c1=O)NCC1(O)CCCC1. The minimum absolute atomic E-state index is 0.0905. The van der Waals surface area contributed by atoms with Crippen LogP contribution in [0.3, 0.4) is 0 Å². The average molecular weight is 301 g/mol. The summed E-state index contributed by atoms with van der Waals surface area (Å²) in [7, 11) is 0. The van der Waals surface area contributed by atoms with E-state index in [4.69, 9.17) is 0 Å². The predicted molar refractivity (Wildman–Crippen MR) is 82.4 cm³/mol. The fourth-order valence-electron chi connectivity index (χ4n) is 2.90. The summed E-state index contributed by atoms with van der Waals surface area (Å²) in [5.41, 5.74) is -0.410. The molecule has 3 rings (SSSR count). The van der Waals surface area contributed by atoms with E-state index in [1.54, 1.807) is 18.2 Å². The first-order chi connectivity index (χ1) is 10.6. The number of carbonyl (C=O) groups excluding carboxylic acids is 1. The van der Waals surface area contributed by atoms with E-state index in [2.05, 4.69) is 10.3 Å². The van der Waals surface area contributed by atoms with Crippen molar-refractivity contribution in [2.24, 2.45) is 0 Å². The lowest BCUT2D eigenvalue weighted by Crippen LogP contribution is -2.42. The number of rotatable bonds is 4. The zero-order valence-electron chi connectivity index (χ0n) is 12.3. The van der Waals surface area contributed by atoms with E-state index >= 15 is 0 Å². The first-order valence-electron chi connectivity index (χ1n) is 7.51. The largest absolute Gasteiger partial charge is 0.388 e. The monoisotopic (exact) mass is 301 g/mol. The number of hydrogen-bond acceptors (Lipinski definition) is 4. The van der Waals surface area contributed by atoms with Crippen molar-refractivity contribution in [2.45, 2.75) is 37.8 Å². The molecule has 1 amide bonds. The molecule has 0 bridgehead atoms. The Morgan fingerprint density at radius 2 is 2.05 bits per heavy atom. The van der Waals surface area contributed by atoms with Crippen molar-refractivity contribution in [1.29, 1.82) is 0 Å². The van der Waals surface area contributed by atoms with Crippen LogP contribution in [0.15, 0.2) is 35.4 Å². The molecular formula is C16H19N3O3. The number of nitrogens with one attached hydrogen (secondary N) is 1. The molecule has 1 heterocycles. The van der Waals surface area contributed by atoms with Crippen LogP contribution in [0.2, 0.25) is 0 Å². The van der Waals surface area contributed by atoms with E-state index in [1.165, 1.54) is 10.9 Å². The predicted octanol–water partition coefficient (Wildman–Crippen LogP) is 0.818. The highest BCUT2D eigenvalue weighted by atomic mass is 16.3. The van der Waals surface area contributed by atoms with Gasteiger partial charge in [0.2, 0.25) is 5.91 Å². The maximum Gasteiger partial charge on any atom is 0.261 e. The molecule has 1 aromatic heterocycles. The molecule has 1 aliphatic rings. The Kier molecular flexibility index (Phi) is 3.94. The van der Waals surface area contributed by atoms with Gasteiger partial charge in [0.05, 0.1) is 22.8 Å². The molecule has 6 heteroatoms. The lowest BCUT2D eigenvalue weighted by Gasteiger charge is -2.22. The fraction of sp³-hybridized carbons (Fsp3) is 0.438. The second-order valence-electron chi connectivity index (χ2n) is 5.90. The van der Waals surface area contributed by atoms with E-state index in [-0.39, 0.29) is 24.6 Å². The third-order valence-corrected chi connectivity index (χ3v) is 4.19. The molecule has 1 aromatic carbocycles. The van der Waals surface area contributed by atoms with Crippen LogP contribution < -0.4 is 10.9 Å². The number of fused-ring (bicyclic) bond motifs is 1. The first-order valence-corrected chi connectivity index (χ1v) is 7.51. The molecule has 0 radical (unpaired) electrons. The second-order valence-corrected chi connectivity index (χ2v) is 5.90. The van der Waals surface area contributed by atoms with Gasteiger partial charge in [0, 0.05) is 6.54 Å². The van der Waals surface area contributed by atoms with Crippen LogP contribution >= 0.6 is 0 Å². The maximum atomic E-state index is 12.3. The Morgan fingerprint density at radius 1 is 1.32 bits per heavy atom. The van der Waals surface area contributed by atoms with Crippen molar-refractivity contribution in [3.63, 3.8) is 0 Å². The molecule has 0 spiro atoms. The molecule has 116 valence electrons. The summed E-state index contributed by atoms with van der Waals surface area (Å²) in [6.45, 7) is 0.147. The smallest absolute Gasteiger partial charge is 0.261 e. The molecule has 0 unspecified atom stereocenters. The molecule has 22 heavy (non-hydrogen) atoms. The number of benzene rings is 1. The normalized spacial score (nSPS) is 16.8. The fourth-order valence-corrected chi connectivity index (χ4v) is 2.90. The lowest BCUT2D eigenvalue weighted by atomic mass is 10.0. The summed E-state index contributed by atoms with van der Waals surface area (Å²) in [5.74, 6) is -0.292. The van der Waals surface area contributed by atoms with Gasteiger partial charge < -0.3 is 10.4 Å². The quantitative estimate of drug-likeness (QED) is 0.875. The molecule has 1 aliphatic carbocycles. The van der Waals surface area contributed by atoms with Gasteiger partial charge in [-0.25, -0.2) is 4.98 Å². The topological polar surface area (TPSA) is 84.2 Å². The highest BCUT2D eigenvalue weighted by Gasteiger charge is 2.31. The summed E-state index contributed by atoms with van der Waals surface area (Å²) in [6, 6.07) is 7.04. The number of para-hydroxylation sites is 1. The number of amides is 1. The first kappa shape index (κ1) is 14.7. The summed E-state index contributed by atoms with van der Waals surface area (Å²) in [4.78, 5) is 28.5. The third-order valence-electron chi connectivity index (χ3n) is 4.19. The summed E-state index contributed by atoms with van der Waals surface area (Å²) in [6.07, 6.45) is 4.78. The maximum absolute atomic E-state index is 12.3. The van der Waals surface area contributed by atoms with E-state index in [0.29, 0.717) is 23.7 Å². The van der Waals surface area contributed by atoms with Crippen molar-refractivity contribution in [2.75, 3.05) is 6.54 Å². The van der Waals surface area contributed by atoms with Crippen molar-refractivity contribution in [1.82, 2.24) is 14.9 Å². The highest BCUT2D eigenvalue weighted by molar-refractivity contribution is 5.78. The molecular weight excluding hydrogens is 282 g/mol. The van der Waals surface area contributed by atoms with Gasteiger partial charge in [-0.05, 0) is 25.0 Å². The van der Waals surface area contributed by atoms with Gasteiger partial charge in [-0.1, -0.05) is 25.0 Å². The van der Waals surface area contributed by atoms with Gasteiger partial charge in [-0.15, -0.1) is 0 Å². The van der Waals surface area contributed by atoms with Crippen LogP contribution in [0.25, 0.3) is 10.9 Å². The van der Waals surface area contributed by atoms with Gasteiger partial charge in [0.15, 0.2) is 0 Å². The molecule has 1 saturated carbocycles. The number of aromatic nitrogens is 2. The lowest BCUT2D eigenvalue weighted by molar-refractivity contribution is -0.123. The molecule has 0 atom stereocenters. The summed E-state index contributed by atoms with van der Waals surface area (Å²) in [5, 5.41) is 13.4. The van der Waals surface area contributed by atoms with Crippen LogP contribution in [-0.4, -0.2) is 32.7 Å². The van der Waals surface area contributed by atoms with Crippen molar-refractivity contribution in [3.05, 3.63) is 40.9 Å². The minimum atomic E-state index is -0.789. The standard InChI is InChI=1S/C16H19N3O3/c20-14(17-10-16(22)7-3-4-8-16)9-19-11-18-13-6-2-1-5-12(13)15(19)21/h1-2,5-6,11,22H,3-4,7-10H2,(H,17,20). The Bertz CT molecular complexity index is 748. The minimum Gasteiger partial charge on any atom is -0.388 e. The molecule has 0 saturated heterocycles. The van der Waals surface area contributed by atoms with Gasteiger partial charge in [0.25, 0.3) is 5.56 Å². The van der Waals surface area contributed by atoms with E-state index in [1.807, 2.05) is 6.07 Å². The van der Waals surface area contributed by atoms with Crippen molar-refractivity contribution >= 4 is 16.8 Å². The average Bonchev–Trinajstić information content (AvgIpc) is 2.96. The number of aliphatic hydroxyl groups is 1. The van der Waals surface area contributed by atoms with Gasteiger partial charge in [0.1, 0.15) is 6.54 Å². The Labute approximate surface area is 127 Å². The van der Waals surface area contributed by atoms with Crippen molar-refractivity contribution in [3.8, 4) is 0 Å². The summed E-state index contributed by atoms with van der Waals surface area (Å²) < 4.78 is 1.29. The van der Waals surface area contributed by atoms with E-state index in [0.717, 1.165) is 12.8 Å².